The Bertz CT molecular complexity index is 981. The van der Waals surface area contributed by atoms with Crippen LogP contribution in [0.15, 0.2) is 30.3 Å². The molecular formula is C19H16ClF3N2O5. The first-order chi connectivity index (χ1) is 14.2. The Labute approximate surface area is 173 Å². The van der Waals surface area contributed by atoms with Gasteiger partial charge in [-0.15, -0.1) is 0 Å². The quantitative estimate of drug-likeness (QED) is 0.655. The number of hydrogen-bond donors (Lipinski definition) is 3. The molecule has 2 heterocycles. The summed E-state index contributed by atoms with van der Waals surface area (Å²) in [5, 5.41) is 13.7. The molecule has 1 amide bonds. The van der Waals surface area contributed by atoms with Crippen molar-refractivity contribution in [2.45, 2.75) is 19.1 Å². The lowest BCUT2D eigenvalue weighted by atomic mass is 9.95. The van der Waals surface area contributed by atoms with Crippen LogP contribution in [0.3, 0.4) is 0 Å². The first-order valence-corrected chi connectivity index (χ1v) is 9.07. The fourth-order valence-electron chi connectivity index (χ4n) is 2.97. The lowest BCUT2D eigenvalue weighted by molar-refractivity contribution is -0.192. The van der Waals surface area contributed by atoms with Crippen LogP contribution in [-0.2, 0) is 17.8 Å². The number of benzene rings is 2. The topological polar surface area (TPSA) is 96.9 Å². The molecular weight excluding hydrogens is 429 g/mol. The van der Waals surface area contributed by atoms with Crippen LogP contribution in [-0.4, -0.2) is 36.5 Å². The maximum atomic E-state index is 12.7. The second-order valence-electron chi connectivity index (χ2n) is 6.28. The number of aliphatic carboxylic acids is 1. The van der Waals surface area contributed by atoms with Crippen molar-refractivity contribution in [2.24, 2.45) is 0 Å². The number of carbonyl (C=O) groups is 2. The number of hydrogen-bond acceptors (Lipinski definition) is 5. The molecule has 7 nitrogen and oxygen atoms in total. The molecule has 11 heteroatoms. The molecule has 2 aliphatic heterocycles. The van der Waals surface area contributed by atoms with E-state index in [1.165, 1.54) is 5.56 Å². The van der Waals surface area contributed by atoms with E-state index in [9.17, 15) is 18.0 Å². The standard InChI is InChI=1S/C17H15ClN2O3.C2HF3O2/c18-13-4-5-14-16(23-9-22-14)15(13)20-17(21)11-3-1-2-10-6-7-19-8-12(10)11;3-2(4,5)1(6)7/h1-5,19H,6-9H2,(H,20,21);(H,6,7). The number of carbonyl (C=O) groups excluding carboxylic acids is 1. The van der Waals surface area contributed by atoms with Crippen LogP contribution in [0.2, 0.25) is 5.02 Å². The lowest BCUT2D eigenvalue weighted by Crippen LogP contribution is -2.27. The van der Waals surface area contributed by atoms with Gasteiger partial charge in [0, 0.05) is 12.1 Å². The molecule has 3 N–H and O–H groups in total. The first-order valence-electron chi connectivity index (χ1n) is 8.69. The van der Waals surface area contributed by atoms with Crippen LogP contribution in [0.1, 0.15) is 21.5 Å². The molecule has 0 aromatic heterocycles. The smallest absolute Gasteiger partial charge is 0.475 e. The van der Waals surface area contributed by atoms with Crippen molar-refractivity contribution in [3.05, 3.63) is 52.0 Å². The molecule has 0 aliphatic carbocycles. The van der Waals surface area contributed by atoms with Gasteiger partial charge in [0.05, 0.1) is 5.02 Å². The minimum Gasteiger partial charge on any atom is -0.475 e. The van der Waals surface area contributed by atoms with Gasteiger partial charge in [-0.3, -0.25) is 4.79 Å². The molecule has 30 heavy (non-hydrogen) atoms. The summed E-state index contributed by atoms with van der Waals surface area (Å²) in [5.74, 6) is -1.89. The molecule has 2 aliphatic rings. The number of carboxylic acid groups (broad SMARTS) is 1. The van der Waals surface area contributed by atoms with E-state index >= 15 is 0 Å². The third-order valence-corrected chi connectivity index (χ3v) is 4.67. The van der Waals surface area contributed by atoms with E-state index in [2.05, 4.69) is 16.7 Å². The number of amides is 1. The monoisotopic (exact) mass is 444 g/mol. The van der Waals surface area contributed by atoms with Crippen molar-refractivity contribution < 1.29 is 37.3 Å². The van der Waals surface area contributed by atoms with Gasteiger partial charge in [-0.1, -0.05) is 23.7 Å². The maximum Gasteiger partial charge on any atom is 0.490 e. The van der Waals surface area contributed by atoms with E-state index in [1.54, 1.807) is 12.1 Å². The van der Waals surface area contributed by atoms with Gasteiger partial charge in [-0.05, 0) is 42.3 Å². The molecule has 2 aromatic rings. The van der Waals surface area contributed by atoms with Gasteiger partial charge in [0.15, 0.2) is 11.5 Å². The van der Waals surface area contributed by atoms with Crippen LogP contribution in [0.5, 0.6) is 11.5 Å². The van der Waals surface area contributed by atoms with E-state index in [0.717, 1.165) is 18.5 Å². The summed E-state index contributed by atoms with van der Waals surface area (Å²) >= 11 is 6.22. The second-order valence-corrected chi connectivity index (χ2v) is 6.69. The van der Waals surface area contributed by atoms with E-state index < -0.39 is 12.1 Å². The molecule has 160 valence electrons. The SMILES string of the molecule is O=C(Nc1c(Cl)ccc2c1OCO2)c1cccc2c1CNCC2.O=C(O)C(F)(F)F. The van der Waals surface area contributed by atoms with Gasteiger partial charge in [-0.25, -0.2) is 4.79 Å². The Balaban J connectivity index is 0.000000318. The van der Waals surface area contributed by atoms with Crippen LogP contribution in [0.4, 0.5) is 18.9 Å². The van der Waals surface area contributed by atoms with Gasteiger partial charge >= 0.3 is 12.1 Å². The molecule has 0 saturated carbocycles. The molecule has 0 saturated heterocycles. The molecule has 0 radical (unpaired) electrons. The Kier molecular flexibility index (Phi) is 6.37. The van der Waals surface area contributed by atoms with Crippen LogP contribution in [0.25, 0.3) is 0 Å². The Hall–Kier alpha value is -2.98. The van der Waals surface area contributed by atoms with Crippen LogP contribution >= 0.6 is 11.6 Å². The normalized spacial score (nSPS) is 14.3. The largest absolute Gasteiger partial charge is 0.490 e. The molecule has 0 fully saturated rings. The highest BCUT2D eigenvalue weighted by Crippen LogP contribution is 2.43. The number of ether oxygens (including phenoxy) is 2. The summed E-state index contributed by atoms with van der Waals surface area (Å²) in [7, 11) is 0. The Morgan fingerprint density at radius 3 is 2.60 bits per heavy atom. The average Bonchev–Trinajstić information content (AvgIpc) is 3.18. The van der Waals surface area contributed by atoms with E-state index in [1.807, 2.05) is 12.1 Å². The van der Waals surface area contributed by atoms with Gasteiger partial charge in [-0.2, -0.15) is 13.2 Å². The molecule has 4 rings (SSSR count). The predicted octanol–water partition coefficient (Wildman–Crippen LogP) is 3.60. The number of anilines is 1. The third-order valence-electron chi connectivity index (χ3n) is 4.36. The van der Waals surface area contributed by atoms with Gasteiger partial charge < -0.3 is 25.2 Å². The lowest BCUT2D eigenvalue weighted by Gasteiger charge is -2.20. The highest BCUT2D eigenvalue weighted by atomic mass is 35.5. The third kappa shape index (κ3) is 4.77. The summed E-state index contributed by atoms with van der Waals surface area (Å²) in [5.41, 5.74) is 3.35. The minimum absolute atomic E-state index is 0.128. The van der Waals surface area contributed by atoms with Crippen molar-refractivity contribution in [3.63, 3.8) is 0 Å². The predicted molar refractivity (Wildman–Crippen MR) is 101 cm³/mol. The number of halogens is 4. The number of alkyl halides is 3. The van der Waals surface area contributed by atoms with Crippen molar-refractivity contribution >= 4 is 29.2 Å². The Morgan fingerprint density at radius 1 is 1.17 bits per heavy atom. The minimum atomic E-state index is -5.08. The van der Waals surface area contributed by atoms with Crippen molar-refractivity contribution in [1.82, 2.24) is 5.32 Å². The molecule has 0 bridgehead atoms. The zero-order valence-corrected chi connectivity index (χ0v) is 16.1. The average molecular weight is 445 g/mol. The molecule has 0 atom stereocenters. The van der Waals surface area contributed by atoms with Crippen molar-refractivity contribution in [3.8, 4) is 11.5 Å². The molecule has 0 spiro atoms. The van der Waals surface area contributed by atoms with E-state index in [0.29, 0.717) is 34.3 Å². The van der Waals surface area contributed by atoms with Crippen LogP contribution in [0, 0.1) is 0 Å². The van der Waals surface area contributed by atoms with E-state index in [-0.39, 0.29) is 12.7 Å². The fourth-order valence-corrected chi connectivity index (χ4v) is 3.17. The number of rotatable bonds is 2. The van der Waals surface area contributed by atoms with Gasteiger partial charge in [0.2, 0.25) is 6.79 Å². The first kappa shape index (κ1) is 21.7. The maximum absolute atomic E-state index is 12.7. The van der Waals surface area contributed by atoms with Crippen LogP contribution < -0.4 is 20.1 Å². The summed E-state index contributed by atoms with van der Waals surface area (Å²) in [6.07, 6.45) is -4.16. The number of fused-ring (bicyclic) bond motifs is 2. The Morgan fingerprint density at radius 2 is 1.90 bits per heavy atom. The zero-order chi connectivity index (χ0) is 21.9. The summed E-state index contributed by atoms with van der Waals surface area (Å²) in [4.78, 5) is 21.6. The highest BCUT2D eigenvalue weighted by molar-refractivity contribution is 6.34. The second kappa shape index (κ2) is 8.80. The van der Waals surface area contributed by atoms with Gasteiger partial charge in [0.1, 0.15) is 5.69 Å². The summed E-state index contributed by atoms with van der Waals surface area (Å²) in [6.45, 7) is 1.75. The molecule has 2 aromatic carbocycles. The van der Waals surface area contributed by atoms with Crippen molar-refractivity contribution in [1.29, 1.82) is 0 Å². The molecule has 0 unspecified atom stereocenters. The fraction of sp³-hybridized carbons (Fsp3) is 0.263. The highest BCUT2D eigenvalue weighted by Gasteiger charge is 2.38. The summed E-state index contributed by atoms with van der Waals surface area (Å²) < 4.78 is 42.5. The van der Waals surface area contributed by atoms with E-state index in [4.69, 9.17) is 31.0 Å². The zero-order valence-electron chi connectivity index (χ0n) is 15.3. The van der Waals surface area contributed by atoms with Gasteiger partial charge in [0.25, 0.3) is 5.91 Å². The number of carboxylic acids is 1. The van der Waals surface area contributed by atoms with Crippen molar-refractivity contribution in [2.75, 3.05) is 18.7 Å². The number of nitrogens with one attached hydrogen (secondary N) is 2. The summed E-state index contributed by atoms with van der Waals surface area (Å²) in [6, 6.07) is 9.23.